The van der Waals surface area contributed by atoms with Crippen LogP contribution in [-0.2, 0) is 4.74 Å². The average molecular weight is 404 g/mol. The molecule has 0 bridgehead atoms. The third-order valence-corrected chi connectivity index (χ3v) is 6.40. The van der Waals surface area contributed by atoms with Crippen molar-refractivity contribution in [2.45, 2.75) is 31.9 Å². The fourth-order valence-electron chi connectivity index (χ4n) is 4.90. The Morgan fingerprint density at radius 2 is 1.87 bits per heavy atom. The minimum atomic E-state index is -0.0822. The Hall–Kier alpha value is -2.63. The summed E-state index contributed by atoms with van der Waals surface area (Å²) in [4.78, 5) is 21.5. The maximum absolute atomic E-state index is 13.6. The number of aromatic nitrogens is 1. The van der Waals surface area contributed by atoms with Crippen molar-refractivity contribution in [3.05, 3.63) is 71.4 Å². The van der Waals surface area contributed by atoms with Crippen LogP contribution in [0.3, 0.4) is 0 Å². The lowest BCUT2D eigenvalue weighted by atomic mass is 9.97. The van der Waals surface area contributed by atoms with E-state index in [1.165, 1.54) is 18.4 Å². The minimum Gasteiger partial charge on any atom is -0.373 e. The van der Waals surface area contributed by atoms with Gasteiger partial charge in [0.05, 0.1) is 18.8 Å². The van der Waals surface area contributed by atoms with E-state index in [0.717, 1.165) is 36.1 Å². The lowest BCUT2D eigenvalue weighted by Gasteiger charge is -2.42. The van der Waals surface area contributed by atoms with Crippen LogP contribution in [-0.4, -0.2) is 59.6 Å². The monoisotopic (exact) mass is 403 g/mol. The largest absolute Gasteiger partial charge is 0.373 e. The van der Waals surface area contributed by atoms with E-state index in [1.54, 1.807) is 0 Å². The highest BCUT2D eigenvalue weighted by Crippen LogP contribution is 2.32. The topological polar surface area (TPSA) is 48.6 Å². The van der Waals surface area contributed by atoms with E-state index >= 15 is 0 Å². The summed E-state index contributed by atoms with van der Waals surface area (Å²) in [6.45, 7) is 6.36. The number of H-pyrrole nitrogens is 1. The third kappa shape index (κ3) is 3.75. The van der Waals surface area contributed by atoms with Gasteiger partial charge in [0.2, 0.25) is 0 Å². The molecule has 1 N–H and O–H groups in total. The predicted octanol–water partition coefficient (Wildman–Crippen LogP) is 4.15. The fourth-order valence-corrected chi connectivity index (χ4v) is 4.90. The minimum absolute atomic E-state index is 0.0187. The van der Waals surface area contributed by atoms with Gasteiger partial charge in [-0.3, -0.25) is 4.79 Å². The Morgan fingerprint density at radius 1 is 1.07 bits per heavy atom. The SMILES string of the molecule is Cc1ccc2[nH]c(C(=O)N3CCO[C@@H](CN4CCCC4)[C@@H]3c3ccccc3)cc2c1. The number of aryl methyl sites for hydroxylation is 1. The number of likely N-dealkylation sites (tertiary alicyclic amines) is 1. The number of carbonyl (C=O) groups is 1. The molecular formula is C25H29N3O2. The summed E-state index contributed by atoms with van der Waals surface area (Å²) in [6.07, 6.45) is 2.48. The van der Waals surface area contributed by atoms with E-state index in [4.69, 9.17) is 4.74 Å². The number of benzene rings is 2. The molecule has 2 saturated heterocycles. The molecule has 0 spiro atoms. The summed E-state index contributed by atoms with van der Waals surface area (Å²) in [6, 6.07) is 18.5. The molecule has 2 aromatic carbocycles. The summed E-state index contributed by atoms with van der Waals surface area (Å²) in [7, 11) is 0. The Balaban J connectivity index is 1.47. The zero-order chi connectivity index (χ0) is 20.5. The van der Waals surface area contributed by atoms with E-state index in [2.05, 4.69) is 41.1 Å². The van der Waals surface area contributed by atoms with Gasteiger partial charge in [0.1, 0.15) is 5.69 Å². The van der Waals surface area contributed by atoms with Crippen molar-refractivity contribution in [3.63, 3.8) is 0 Å². The van der Waals surface area contributed by atoms with Crippen LogP contribution in [0.2, 0.25) is 0 Å². The number of rotatable bonds is 4. The maximum Gasteiger partial charge on any atom is 0.270 e. The molecule has 5 nitrogen and oxygen atoms in total. The first kappa shape index (κ1) is 19.3. The second-order valence-electron chi connectivity index (χ2n) is 8.54. The van der Waals surface area contributed by atoms with Gasteiger partial charge < -0.3 is 19.5 Å². The summed E-state index contributed by atoms with van der Waals surface area (Å²) in [5, 5.41) is 1.08. The molecule has 5 heteroatoms. The van der Waals surface area contributed by atoms with Gasteiger partial charge in [-0.2, -0.15) is 0 Å². The molecule has 0 unspecified atom stereocenters. The number of ether oxygens (including phenoxy) is 1. The molecule has 156 valence electrons. The number of fused-ring (bicyclic) bond motifs is 1. The molecular weight excluding hydrogens is 374 g/mol. The second-order valence-corrected chi connectivity index (χ2v) is 8.54. The second kappa shape index (κ2) is 8.25. The zero-order valence-electron chi connectivity index (χ0n) is 17.5. The number of aromatic amines is 1. The van der Waals surface area contributed by atoms with Gasteiger partial charge in [0.15, 0.2) is 0 Å². The molecule has 0 radical (unpaired) electrons. The molecule has 1 aromatic heterocycles. The lowest BCUT2D eigenvalue weighted by Crippen LogP contribution is -2.51. The van der Waals surface area contributed by atoms with E-state index in [9.17, 15) is 4.79 Å². The first-order chi connectivity index (χ1) is 14.7. The molecule has 2 atom stereocenters. The van der Waals surface area contributed by atoms with Crippen molar-refractivity contribution >= 4 is 16.8 Å². The van der Waals surface area contributed by atoms with E-state index in [-0.39, 0.29) is 18.1 Å². The maximum atomic E-state index is 13.6. The van der Waals surface area contributed by atoms with Crippen molar-refractivity contribution in [2.75, 3.05) is 32.8 Å². The van der Waals surface area contributed by atoms with Crippen LogP contribution in [0.25, 0.3) is 10.9 Å². The molecule has 3 aromatic rings. The van der Waals surface area contributed by atoms with Gasteiger partial charge in [0, 0.05) is 24.0 Å². The fraction of sp³-hybridized carbons (Fsp3) is 0.400. The van der Waals surface area contributed by atoms with Crippen LogP contribution in [0.5, 0.6) is 0 Å². The van der Waals surface area contributed by atoms with Crippen LogP contribution in [0.4, 0.5) is 0 Å². The van der Waals surface area contributed by atoms with Crippen LogP contribution < -0.4 is 0 Å². The van der Waals surface area contributed by atoms with E-state index < -0.39 is 0 Å². The molecule has 0 saturated carbocycles. The highest BCUT2D eigenvalue weighted by atomic mass is 16.5. The first-order valence-corrected chi connectivity index (χ1v) is 11.0. The number of hydrogen-bond donors (Lipinski definition) is 1. The van der Waals surface area contributed by atoms with E-state index in [1.807, 2.05) is 35.2 Å². The Morgan fingerprint density at radius 3 is 2.67 bits per heavy atom. The van der Waals surface area contributed by atoms with Crippen molar-refractivity contribution < 1.29 is 9.53 Å². The first-order valence-electron chi connectivity index (χ1n) is 11.0. The number of nitrogens with zero attached hydrogens (tertiary/aromatic N) is 2. The molecule has 0 aliphatic carbocycles. The standard InChI is InChI=1S/C25H29N3O2/c1-18-9-10-21-20(15-18)16-22(26-21)25(29)28-13-14-30-23(17-27-11-5-6-12-27)24(28)19-7-3-2-4-8-19/h2-4,7-10,15-16,23-24,26H,5-6,11-14,17H2,1H3/t23-,24-/m0/s1. The number of amides is 1. The molecule has 5 rings (SSSR count). The van der Waals surface area contributed by atoms with Crippen LogP contribution in [0, 0.1) is 6.92 Å². The summed E-state index contributed by atoms with van der Waals surface area (Å²) in [5.74, 6) is 0.0485. The number of carbonyl (C=O) groups excluding carboxylic acids is 1. The number of nitrogens with one attached hydrogen (secondary N) is 1. The summed E-state index contributed by atoms with van der Waals surface area (Å²) in [5.41, 5.74) is 3.99. The van der Waals surface area contributed by atoms with Gasteiger partial charge in [-0.1, -0.05) is 42.0 Å². The van der Waals surface area contributed by atoms with Crippen molar-refractivity contribution in [2.24, 2.45) is 0 Å². The predicted molar refractivity (Wildman–Crippen MR) is 119 cm³/mol. The van der Waals surface area contributed by atoms with Gasteiger partial charge in [0.25, 0.3) is 5.91 Å². The van der Waals surface area contributed by atoms with Gasteiger partial charge in [-0.25, -0.2) is 0 Å². The highest BCUT2D eigenvalue weighted by Gasteiger charge is 2.38. The van der Waals surface area contributed by atoms with Crippen LogP contribution in [0.15, 0.2) is 54.6 Å². The summed E-state index contributed by atoms with van der Waals surface area (Å²) >= 11 is 0. The van der Waals surface area contributed by atoms with Crippen LogP contribution >= 0.6 is 0 Å². The van der Waals surface area contributed by atoms with Crippen LogP contribution in [0.1, 0.15) is 40.5 Å². The smallest absolute Gasteiger partial charge is 0.270 e. The highest BCUT2D eigenvalue weighted by molar-refractivity contribution is 5.98. The van der Waals surface area contributed by atoms with E-state index in [0.29, 0.717) is 18.8 Å². The molecule has 2 aliphatic heterocycles. The molecule has 1 amide bonds. The number of morpholine rings is 1. The third-order valence-electron chi connectivity index (χ3n) is 6.40. The molecule has 2 fully saturated rings. The Labute approximate surface area is 177 Å². The molecule has 30 heavy (non-hydrogen) atoms. The normalized spacial score (nSPS) is 22.6. The molecule has 3 heterocycles. The summed E-state index contributed by atoms with van der Waals surface area (Å²) < 4.78 is 6.25. The molecule has 2 aliphatic rings. The lowest BCUT2D eigenvalue weighted by molar-refractivity contribution is -0.0708. The van der Waals surface area contributed by atoms with Crippen molar-refractivity contribution in [1.29, 1.82) is 0 Å². The Kier molecular flexibility index (Phi) is 5.32. The average Bonchev–Trinajstić information content (AvgIpc) is 3.43. The zero-order valence-corrected chi connectivity index (χ0v) is 17.5. The quantitative estimate of drug-likeness (QED) is 0.712. The van der Waals surface area contributed by atoms with Crippen molar-refractivity contribution in [1.82, 2.24) is 14.8 Å². The van der Waals surface area contributed by atoms with Gasteiger partial charge in [-0.15, -0.1) is 0 Å². The Bertz CT molecular complexity index is 1020. The number of hydrogen-bond acceptors (Lipinski definition) is 3. The van der Waals surface area contributed by atoms with Gasteiger partial charge >= 0.3 is 0 Å². The van der Waals surface area contributed by atoms with Crippen molar-refractivity contribution in [3.8, 4) is 0 Å². The van der Waals surface area contributed by atoms with Gasteiger partial charge in [-0.05, 0) is 56.6 Å².